The van der Waals surface area contributed by atoms with Crippen LogP contribution >= 0.6 is 0 Å². The maximum Gasteiger partial charge on any atom is 0.127 e. The maximum absolute atomic E-state index is 11.3. The molecule has 0 saturated carbocycles. The highest BCUT2D eigenvalue weighted by atomic mass is 16.5. The lowest BCUT2D eigenvalue weighted by Crippen LogP contribution is -2.51. The Morgan fingerprint density at radius 2 is 2.00 bits per heavy atom. The molecular weight excluding hydrogens is 202 g/mol. The summed E-state index contributed by atoms with van der Waals surface area (Å²) < 4.78 is 5.61. The molecule has 0 aliphatic carbocycles. The lowest BCUT2D eigenvalue weighted by Gasteiger charge is -2.41. The number of carbonyl (C=O) groups excluding carboxylic acids is 1. The zero-order valence-corrected chi connectivity index (χ0v) is 11.0. The van der Waals surface area contributed by atoms with Gasteiger partial charge < -0.3 is 9.53 Å². The van der Waals surface area contributed by atoms with Crippen molar-refractivity contribution in [3.05, 3.63) is 0 Å². The first-order valence-electron chi connectivity index (χ1n) is 6.39. The minimum atomic E-state index is -0.161. The van der Waals surface area contributed by atoms with Gasteiger partial charge in [0.05, 0.1) is 12.7 Å². The second-order valence-electron chi connectivity index (χ2n) is 5.11. The van der Waals surface area contributed by atoms with Crippen LogP contribution in [0.3, 0.4) is 0 Å². The van der Waals surface area contributed by atoms with Gasteiger partial charge in [-0.25, -0.2) is 0 Å². The van der Waals surface area contributed by atoms with Gasteiger partial charge in [-0.15, -0.1) is 0 Å². The second-order valence-corrected chi connectivity index (χ2v) is 5.11. The summed E-state index contributed by atoms with van der Waals surface area (Å²) in [7, 11) is 0. The predicted octanol–water partition coefficient (Wildman–Crippen LogP) is 2.10. The summed E-state index contributed by atoms with van der Waals surface area (Å²) in [5.41, 5.74) is -0.161. The highest BCUT2D eigenvalue weighted by Crippen LogP contribution is 2.27. The van der Waals surface area contributed by atoms with E-state index in [0.29, 0.717) is 6.04 Å². The molecule has 1 heterocycles. The van der Waals surface area contributed by atoms with Gasteiger partial charge >= 0.3 is 0 Å². The number of hydrogen-bond donors (Lipinski definition) is 0. The summed E-state index contributed by atoms with van der Waals surface area (Å²) in [6.45, 7) is 11.1. The molecule has 0 bridgehead atoms. The van der Waals surface area contributed by atoms with Gasteiger partial charge in [0.15, 0.2) is 0 Å². The molecule has 0 radical (unpaired) electrons. The summed E-state index contributed by atoms with van der Waals surface area (Å²) in [5, 5.41) is 0. The van der Waals surface area contributed by atoms with Crippen LogP contribution in [0.15, 0.2) is 0 Å². The fourth-order valence-electron chi connectivity index (χ4n) is 2.27. The van der Waals surface area contributed by atoms with Gasteiger partial charge in [-0.2, -0.15) is 0 Å². The Bertz CT molecular complexity index is 226. The first-order chi connectivity index (χ1) is 7.56. The summed E-state index contributed by atoms with van der Waals surface area (Å²) in [5.74, 6) is 0. The monoisotopic (exact) mass is 227 g/mol. The molecule has 16 heavy (non-hydrogen) atoms. The van der Waals surface area contributed by atoms with Crippen molar-refractivity contribution < 1.29 is 9.53 Å². The third kappa shape index (κ3) is 3.05. The molecule has 0 aromatic heterocycles. The van der Waals surface area contributed by atoms with Crippen LogP contribution < -0.4 is 0 Å². The highest BCUT2D eigenvalue weighted by Gasteiger charge is 2.32. The third-order valence-electron chi connectivity index (χ3n) is 3.91. The molecule has 2 unspecified atom stereocenters. The van der Waals surface area contributed by atoms with Crippen molar-refractivity contribution in [3.63, 3.8) is 0 Å². The van der Waals surface area contributed by atoms with Gasteiger partial charge in [0.2, 0.25) is 0 Å². The van der Waals surface area contributed by atoms with Crippen LogP contribution in [-0.4, -0.2) is 43.0 Å². The summed E-state index contributed by atoms with van der Waals surface area (Å²) in [4.78, 5) is 13.7. The fourth-order valence-corrected chi connectivity index (χ4v) is 2.27. The van der Waals surface area contributed by atoms with Crippen LogP contribution in [0.1, 0.15) is 40.5 Å². The maximum atomic E-state index is 11.3. The van der Waals surface area contributed by atoms with Crippen molar-refractivity contribution in [3.8, 4) is 0 Å². The van der Waals surface area contributed by atoms with E-state index in [1.165, 1.54) is 0 Å². The van der Waals surface area contributed by atoms with E-state index in [0.717, 1.165) is 38.8 Å². The molecule has 0 N–H and O–H groups in total. The van der Waals surface area contributed by atoms with E-state index >= 15 is 0 Å². The molecule has 1 aliphatic rings. The van der Waals surface area contributed by atoms with Crippen molar-refractivity contribution in [1.82, 2.24) is 4.90 Å². The predicted molar refractivity (Wildman–Crippen MR) is 65.5 cm³/mol. The SMILES string of the molecule is CCC(C=O)(CC)CN1CC(C)OCC1C. The average Bonchev–Trinajstić information content (AvgIpc) is 2.31. The molecule has 2 atom stereocenters. The fraction of sp³-hybridized carbons (Fsp3) is 0.923. The molecule has 1 saturated heterocycles. The molecule has 0 spiro atoms. The molecule has 0 aromatic carbocycles. The van der Waals surface area contributed by atoms with Gasteiger partial charge in [0.25, 0.3) is 0 Å². The van der Waals surface area contributed by atoms with Crippen molar-refractivity contribution in [2.24, 2.45) is 5.41 Å². The van der Waals surface area contributed by atoms with Gasteiger partial charge in [-0.1, -0.05) is 13.8 Å². The standard InChI is InChI=1S/C13H25NO2/c1-5-13(6-2,10-15)9-14-7-12(4)16-8-11(14)3/h10-12H,5-9H2,1-4H3. The van der Waals surface area contributed by atoms with E-state index < -0.39 is 0 Å². The number of morpholine rings is 1. The van der Waals surface area contributed by atoms with E-state index in [9.17, 15) is 4.79 Å². The molecule has 3 heteroatoms. The van der Waals surface area contributed by atoms with Gasteiger partial charge in [-0.05, 0) is 26.7 Å². The quantitative estimate of drug-likeness (QED) is 0.674. The normalized spacial score (nSPS) is 28.0. The van der Waals surface area contributed by atoms with Gasteiger partial charge in [0, 0.05) is 24.5 Å². The topological polar surface area (TPSA) is 29.5 Å². The summed E-state index contributed by atoms with van der Waals surface area (Å²) >= 11 is 0. The van der Waals surface area contributed by atoms with Gasteiger partial charge in [0.1, 0.15) is 6.29 Å². The van der Waals surface area contributed by atoms with E-state index in [1.807, 2.05) is 0 Å². The van der Waals surface area contributed by atoms with Crippen molar-refractivity contribution in [2.75, 3.05) is 19.7 Å². The van der Waals surface area contributed by atoms with Crippen molar-refractivity contribution in [2.45, 2.75) is 52.7 Å². The Hall–Kier alpha value is -0.410. The number of ether oxygens (including phenoxy) is 1. The second kappa shape index (κ2) is 5.78. The van der Waals surface area contributed by atoms with Crippen LogP contribution in [0.25, 0.3) is 0 Å². The first-order valence-corrected chi connectivity index (χ1v) is 6.39. The Morgan fingerprint density at radius 3 is 2.50 bits per heavy atom. The Labute approximate surface area is 99.1 Å². The molecule has 0 aromatic rings. The summed E-state index contributed by atoms with van der Waals surface area (Å²) in [6.07, 6.45) is 3.28. The van der Waals surface area contributed by atoms with Gasteiger partial charge in [-0.3, -0.25) is 4.90 Å². The van der Waals surface area contributed by atoms with Crippen molar-refractivity contribution >= 4 is 6.29 Å². The van der Waals surface area contributed by atoms with E-state index in [-0.39, 0.29) is 11.5 Å². The zero-order valence-electron chi connectivity index (χ0n) is 11.0. The number of hydrogen-bond acceptors (Lipinski definition) is 3. The molecule has 1 aliphatic heterocycles. The molecular formula is C13H25NO2. The lowest BCUT2D eigenvalue weighted by atomic mass is 9.83. The molecule has 94 valence electrons. The molecule has 3 nitrogen and oxygen atoms in total. The molecule has 1 fully saturated rings. The smallest absolute Gasteiger partial charge is 0.127 e. The van der Waals surface area contributed by atoms with Crippen LogP contribution in [0.4, 0.5) is 0 Å². The Morgan fingerprint density at radius 1 is 1.38 bits per heavy atom. The van der Waals surface area contributed by atoms with E-state index in [4.69, 9.17) is 4.74 Å². The Balaban J connectivity index is 2.65. The molecule has 1 rings (SSSR count). The van der Waals surface area contributed by atoms with Crippen LogP contribution in [-0.2, 0) is 9.53 Å². The number of nitrogens with zero attached hydrogens (tertiary/aromatic N) is 1. The minimum Gasteiger partial charge on any atom is -0.376 e. The van der Waals surface area contributed by atoms with E-state index in [2.05, 4.69) is 32.6 Å². The lowest BCUT2D eigenvalue weighted by molar-refractivity contribution is -0.121. The Kier molecular flexibility index (Phi) is 4.93. The summed E-state index contributed by atoms with van der Waals surface area (Å²) in [6, 6.07) is 0.425. The third-order valence-corrected chi connectivity index (χ3v) is 3.91. The van der Waals surface area contributed by atoms with Crippen LogP contribution in [0, 0.1) is 5.41 Å². The van der Waals surface area contributed by atoms with E-state index in [1.54, 1.807) is 0 Å². The minimum absolute atomic E-state index is 0.161. The zero-order chi connectivity index (χ0) is 12.2. The number of rotatable bonds is 5. The number of aldehydes is 1. The van der Waals surface area contributed by atoms with Crippen LogP contribution in [0.5, 0.6) is 0 Å². The van der Waals surface area contributed by atoms with Crippen molar-refractivity contribution in [1.29, 1.82) is 0 Å². The number of carbonyl (C=O) groups is 1. The first kappa shape index (κ1) is 13.7. The average molecular weight is 227 g/mol. The highest BCUT2D eigenvalue weighted by molar-refractivity contribution is 5.59. The van der Waals surface area contributed by atoms with Crippen LogP contribution in [0.2, 0.25) is 0 Å². The molecule has 0 amide bonds. The largest absolute Gasteiger partial charge is 0.376 e.